The first-order valence-corrected chi connectivity index (χ1v) is 6.36. The van der Waals surface area contributed by atoms with Crippen LogP contribution in [0.4, 0.5) is 0 Å². The zero-order valence-electron chi connectivity index (χ0n) is 10.6. The summed E-state index contributed by atoms with van der Waals surface area (Å²) >= 11 is 0. The summed E-state index contributed by atoms with van der Waals surface area (Å²) in [4.78, 5) is 13.4. The number of carboxylic acids is 1. The molecule has 1 aromatic rings. The minimum atomic E-state index is -0.791. The summed E-state index contributed by atoms with van der Waals surface area (Å²) in [5, 5.41) is 9.42. The van der Waals surface area contributed by atoms with Crippen molar-refractivity contribution in [2.75, 3.05) is 26.3 Å². The number of nitrogens with zero attached hydrogens (tertiary/aromatic N) is 1. The van der Waals surface area contributed by atoms with Crippen LogP contribution in [0, 0.1) is 0 Å². The molecule has 1 N–H and O–H groups in total. The summed E-state index contributed by atoms with van der Waals surface area (Å²) in [5.41, 5.74) is 2.08. The van der Waals surface area contributed by atoms with Gasteiger partial charge in [0.1, 0.15) is 6.04 Å². The standard InChI is InChI=1S/C14H19NO3/c1-2-11-3-5-12(6-4-11)13(14(16)17)15-7-9-18-10-8-15/h3-6,13H,2,7-10H2,1H3,(H,16,17)/t13-/m1/s1. The SMILES string of the molecule is CCc1ccc([C@H](C(=O)O)N2CCOCC2)cc1. The molecule has 4 heteroatoms. The minimum Gasteiger partial charge on any atom is -0.480 e. The fourth-order valence-corrected chi connectivity index (χ4v) is 2.28. The number of benzene rings is 1. The van der Waals surface area contributed by atoms with E-state index in [1.807, 2.05) is 29.2 Å². The van der Waals surface area contributed by atoms with Gasteiger partial charge in [-0.3, -0.25) is 9.69 Å². The molecular formula is C14H19NO3. The van der Waals surface area contributed by atoms with E-state index in [0.29, 0.717) is 26.3 Å². The Labute approximate surface area is 107 Å². The second-order valence-corrected chi connectivity index (χ2v) is 4.48. The molecular weight excluding hydrogens is 230 g/mol. The molecule has 4 nitrogen and oxygen atoms in total. The first-order valence-electron chi connectivity index (χ1n) is 6.36. The summed E-state index contributed by atoms with van der Waals surface area (Å²) in [7, 11) is 0. The highest BCUT2D eigenvalue weighted by Crippen LogP contribution is 2.22. The number of aryl methyl sites for hydroxylation is 1. The molecule has 0 radical (unpaired) electrons. The van der Waals surface area contributed by atoms with E-state index in [2.05, 4.69) is 6.92 Å². The van der Waals surface area contributed by atoms with Crippen LogP contribution in [0.2, 0.25) is 0 Å². The van der Waals surface area contributed by atoms with E-state index in [1.165, 1.54) is 5.56 Å². The molecule has 98 valence electrons. The van der Waals surface area contributed by atoms with Gasteiger partial charge in [0.05, 0.1) is 13.2 Å². The minimum absolute atomic E-state index is 0.556. The van der Waals surface area contributed by atoms with Crippen molar-refractivity contribution in [3.63, 3.8) is 0 Å². The Morgan fingerprint density at radius 2 is 1.94 bits per heavy atom. The van der Waals surface area contributed by atoms with Crippen molar-refractivity contribution in [1.29, 1.82) is 0 Å². The first-order chi connectivity index (χ1) is 8.72. The van der Waals surface area contributed by atoms with Crippen LogP contribution in [0.1, 0.15) is 24.1 Å². The third kappa shape index (κ3) is 2.89. The third-order valence-corrected chi connectivity index (χ3v) is 3.35. The van der Waals surface area contributed by atoms with Crippen molar-refractivity contribution in [1.82, 2.24) is 4.90 Å². The predicted octanol–water partition coefficient (Wildman–Crippen LogP) is 1.71. The molecule has 1 saturated heterocycles. The lowest BCUT2D eigenvalue weighted by atomic mass is 10.0. The molecule has 1 aliphatic heterocycles. The van der Waals surface area contributed by atoms with E-state index >= 15 is 0 Å². The predicted molar refractivity (Wildman–Crippen MR) is 68.6 cm³/mol. The van der Waals surface area contributed by atoms with E-state index in [4.69, 9.17) is 4.74 Å². The summed E-state index contributed by atoms with van der Waals surface area (Å²) in [5.74, 6) is -0.791. The summed E-state index contributed by atoms with van der Waals surface area (Å²) < 4.78 is 5.27. The van der Waals surface area contributed by atoms with Gasteiger partial charge in [0.2, 0.25) is 0 Å². The van der Waals surface area contributed by atoms with Gasteiger partial charge in [-0.2, -0.15) is 0 Å². The number of morpholine rings is 1. The summed E-state index contributed by atoms with van der Waals surface area (Å²) in [6, 6.07) is 7.30. The number of rotatable bonds is 4. The zero-order valence-corrected chi connectivity index (χ0v) is 10.6. The number of aliphatic carboxylic acids is 1. The highest BCUT2D eigenvalue weighted by molar-refractivity contribution is 5.75. The molecule has 1 aromatic carbocycles. The number of hydrogen-bond donors (Lipinski definition) is 1. The highest BCUT2D eigenvalue weighted by Gasteiger charge is 2.28. The van der Waals surface area contributed by atoms with Crippen LogP contribution in [0.15, 0.2) is 24.3 Å². The van der Waals surface area contributed by atoms with E-state index in [9.17, 15) is 9.90 Å². The van der Waals surface area contributed by atoms with Crippen molar-refractivity contribution in [3.05, 3.63) is 35.4 Å². The fraction of sp³-hybridized carbons (Fsp3) is 0.500. The molecule has 2 rings (SSSR count). The van der Waals surface area contributed by atoms with Crippen LogP contribution in [0.3, 0.4) is 0 Å². The topological polar surface area (TPSA) is 49.8 Å². The summed E-state index contributed by atoms with van der Waals surface area (Å²) in [6.07, 6.45) is 0.968. The molecule has 1 heterocycles. The van der Waals surface area contributed by atoms with E-state index in [1.54, 1.807) is 0 Å². The van der Waals surface area contributed by atoms with Gasteiger partial charge in [-0.05, 0) is 17.5 Å². The molecule has 1 fully saturated rings. The Balaban J connectivity index is 2.20. The normalized spacial score (nSPS) is 18.5. The van der Waals surface area contributed by atoms with Crippen LogP contribution < -0.4 is 0 Å². The van der Waals surface area contributed by atoms with Gasteiger partial charge in [0.15, 0.2) is 0 Å². The maximum absolute atomic E-state index is 11.5. The van der Waals surface area contributed by atoms with Crippen molar-refractivity contribution in [2.24, 2.45) is 0 Å². The zero-order chi connectivity index (χ0) is 13.0. The molecule has 0 bridgehead atoms. The van der Waals surface area contributed by atoms with Crippen LogP contribution in [0.25, 0.3) is 0 Å². The van der Waals surface area contributed by atoms with Crippen LogP contribution >= 0.6 is 0 Å². The van der Waals surface area contributed by atoms with Crippen molar-refractivity contribution in [3.8, 4) is 0 Å². The lowest BCUT2D eigenvalue weighted by Gasteiger charge is -2.32. The molecule has 0 amide bonds. The Bertz CT molecular complexity index is 396. The maximum Gasteiger partial charge on any atom is 0.325 e. The monoisotopic (exact) mass is 249 g/mol. The van der Waals surface area contributed by atoms with Crippen molar-refractivity contribution >= 4 is 5.97 Å². The smallest absolute Gasteiger partial charge is 0.325 e. The maximum atomic E-state index is 11.5. The van der Waals surface area contributed by atoms with Gasteiger partial charge >= 0.3 is 5.97 Å². The van der Waals surface area contributed by atoms with Gasteiger partial charge in [0.25, 0.3) is 0 Å². The van der Waals surface area contributed by atoms with Crippen LogP contribution in [0.5, 0.6) is 0 Å². The lowest BCUT2D eigenvalue weighted by molar-refractivity contribution is -0.145. The third-order valence-electron chi connectivity index (χ3n) is 3.35. The van der Waals surface area contributed by atoms with Gasteiger partial charge in [-0.25, -0.2) is 0 Å². The largest absolute Gasteiger partial charge is 0.480 e. The quantitative estimate of drug-likeness (QED) is 0.882. The van der Waals surface area contributed by atoms with Gasteiger partial charge in [0, 0.05) is 13.1 Å². The number of ether oxygens (including phenoxy) is 1. The van der Waals surface area contributed by atoms with Gasteiger partial charge in [-0.15, -0.1) is 0 Å². The molecule has 18 heavy (non-hydrogen) atoms. The highest BCUT2D eigenvalue weighted by atomic mass is 16.5. The van der Waals surface area contributed by atoms with E-state index < -0.39 is 12.0 Å². The van der Waals surface area contributed by atoms with Crippen LogP contribution in [-0.2, 0) is 16.0 Å². The van der Waals surface area contributed by atoms with Gasteiger partial charge in [-0.1, -0.05) is 31.2 Å². The summed E-state index contributed by atoms with van der Waals surface area (Å²) in [6.45, 7) is 4.65. The fourth-order valence-electron chi connectivity index (χ4n) is 2.28. The first kappa shape index (κ1) is 13.1. The van der Waals surface area contributed by atoms with Gasteiger partial charge < -0.3 is 9.84 Å². The average molecular weight is 249 g/mol. The Kier molecular flexibility index (Phi) is 4.33. The Morgan fingerprint density at radius 1 is 1.33 bits per heavy atom. The molecule has 1 aliphatic rings. The van der Waals surface area contributed by atoms with Crippen molar-refractivity contribution < 1.29 is 14.6 Å². The second-order valence-electron chi connectivity index (χ2n) is 4.48. The van der Waals surface area contributed by atoms with E-state index in [0.717, 1.165) is 12.0 Å². The molecule has 0 aliphatic carbocycles. The number of carboxylic acid groups (broad SMARTS) is 1. The molecule has 0 saturated carbocycles. The molecule has 0 unspecified atom stereocenters. The van der Waals surface area contributed by atoms with E-state index in [-0.39, 0.29) is 0 Å². The molecule has 1 atom stereocenters. The molecule has 0 spiro atoms. The van der Waals surface area contributed by atoms with Crippen molar-refractivity contribution in [2.45, 2.75) is 19.4 Å². The number of carbonyl (C=O) groups is 1. The molecule has 0 aromatic heterocycles. The Morgan fingerprint density at radius 3 is 2.44 bits per heavy atom. The Hall–Kier alpha value is -1.39. The van der Waals surface area contributed by atoms with Crippen LogP contribution in [-0.4, -0.2) is 42.3 Å². The lowest BCUT2D eigenvalue weighted by Crippen LogP contribution is -2.42. The second kappa shape index (κ2) is 5.98. The average Bonchev–Trinajstić information content (AvgIpc) is 2.40. The number of hydrogen-bond acceptors (Lipinski definition) is 3.